The van der Waals surface area contributed by atoms with Crippen molar-refractivity contribution >= 4 is 10.0 Å². The summed E-state index contributed by atoms with van der Waals surface area (Å²) in [5.74, 6) is 0. The summed E-state index contributed by atoms with van der Waals surface area (Å²) in [6.45, 7) is 4.78. The minimum atomic E-state index is -3.52. The zero-order valence-electron chi connectivity index (χ0n) is 11.8. The summed E-state index contributed by atoms with van der Waals surface area (Å²) in [4.78, 5) is 0.229. The van der Waals surface area contributed by atoms with Gasteiger partial charge in [0.25, 0.3) is 0 Å². The lowest BCUT2D eigenvalue weighted by Crippen LogP contribution is -2.45. The summed E-state index contributed by atoms with van der Waals surface area (Å²) in [5, 5.41) is 9.58. The van der Waals surface area contributed by atoms with Crippen LogP contribution in [0.5, 0.6) is 0 Å². The van der Waals surface area contributed by atoms with Crippen molar-refractivity contribution in [2.75, 3.05) is 19.7 Å². The van der Waals surface area contributed by atoms with Crippen LogP contribution in [0.2, 0.25) is 0 Å². The largest absolute Gasteiger partial charge is 0.389 e. The van der Waals surface area contributed by atoms with E-state index >= 15 is 0 Å². The van der Waals surface area contributed by atoms with Crippen LogP contribution in [0.3, 0.4) is 0 Å². The Hall–Kier alpha value is -0.950. The monoisotopic (exact) mass is 299 g/mol. The summed E-state index contributed by atoms with van der Waals surface area (Å²) in [6.07, 6.45) is 0.0661. The molecule has 0 radical (unpaired) electrons. The van der Waals surface area contributed by atoms with Gasteiger partial charge in [0.1, 0.15) is 0 Å². The van der Waals surface area contributed by atoms with E-state index in [4.69, 9.17) is 4.74 Å². The van der Waals surface area contributed by atoms with E-state index in [0.29, 0.717) is 25.3 Å². The highest BCUT2D eigenvalue weighted by Crippen LogP contribution is 2.22. The molecule has 2 unspecified atom stereocenters. The van der Waals surface area contributed by atoms with Gasteiger partial charge >= 0.3 is 0 Å². The normalized spacial score (nSPS) is 22.6. The molecule has 1 heterocycles. The van der Waals surface area contributed by atoms with E-state index in [9.17, 15) is 13.5 Å². The molecule has 0 bridgehead atoms. The molecular formula is C14H21NO4S. The van der Waals surface area contributed by atoms with Crippen LogP contribution >= 0.6 is 0 Å². The van der Waals surface area contributed by atoms with Crippen LogP contribution in [-0.4, -0.2) is 43.6 Å². The molecule has 6 heteroatoms. The van der Waals surface area contributed by atoms with Crippen molar-refractivity contribution in [3.63, 3.8) is 0 Å². The van der Waals surface area contributed by atoms with E-state index in [1.165, 1.54) is 10.4 Å². The first-order valence-electron chi connectivity index (χ1n) is 6.85. The maximum Gasteiger partial charge on any atom is 0.243 e. The summed E-state index contributed by atoms with van der Waals surface area (Å²) in [5.41, 5.74) is 0.603. The van der Waals surface area contributed by atoms with Crippen molar-refractivity contribution in [1.82, 2.24) is 4.31 Å². The predicted molar refractivity (Wildman–Crippen MR) is 75.9 cm³/mol. The first kappa shape index (κ1) is 15.4. The highest BCUT2D eigenvalue weighted by atomic mass is 32.2. The van der Waals surface area contributed by atoms with E-state index in [2.05, 4.69) is 0 Å². The Bertz CT molecular complexity index is 556. The molecule has 2 atom stereocenters. The highest BCUT2D eigenvalue weighted by Gasteiger charge is 2.30. The number of aliphatic hydroxyl groups excluding tert-OH is 1. The SMILES string of the molecule is CCC1CN(S(=O)(=O)c2cccc(C(C)O)c2)CCO1. The lowest BCUT2D eigenvalue weighted by atomic mass is 10.1. The maximum absolute atomic E-state index is 12.6. The molecule has 0 aliphatic carbocycles. The fourth-order valence-electron chi connectivity index (χ4n) is 2.24. The van der Waals surface area contributed by atoms with E-state index in [1.54, 1.807) is 25.1 Å². The second-order valence-electron chi connectivity index (χ2n) is 5.01. The van der Waals surface area contributed by atoms with Gasteiger partial charge in [-0.05, 0) is 31.0 Å². The van der Waals surface area contributed by atoms with E-state index < -0.39 is 16.1 Å². The van der Waals surface area contributed by atoms with Crippen molar-refractivity contribution in [2.24, 2.45) is 0 Å². The Morgan fingerprint density at radius 1 is 1.50 bits per heavy atom. The quantitative estimate of drug-likeness (QED) is 0.916. The molecule has 1 aliphatic heterocycles. The summed E-state index contributed by atoms with van der Waals surface area (Å²) in [6, 6.07) is 6.48. The first-order chi connectivity index (χ1) is 9.45. The van der Waals surface area contributed by atoms with Crippen LogP contribution in [-0.2, 0) is 14.8 Å². The fourth-order valence-corrected chi connectivity index (χ4v) is 3.75. The number of ether oxygens (including phenoxy) is 1. The molecule has 2 rings (SSSR count). The Morgan fingerprint density at radius 2 is 2.25 bits per heavy atom. The number of hydrogen-bond donors (Lipinski definition) is 1. The fraction of sp³-hybridized carbons (Fsp3) is 0.571. The minimum Gasteiger partial charge on any atom is -0.389 e. The number of benzene rings is 1. The lowest BCUT2D eigenvalue weighted by Gasteiger charge is -2.31. The van der Waals surface area contributed by atoms with Crippen LogP contribution in [0.1, 0.15) is 31.9 Å². The second kappa shape index (κ2) is 6.22. The van der Waals surface area contributed by atoms with Gasteiger partial charge < -0.3 is 9.84 Å². The van der Waals surface area contributed by atoms with E-state index in [-0.39, 0.29) is 11.0 Å². The second-order valence-corrected chi connectivity index (χ2v) is 6.95. The van der Waals surface area contributed by atoms with Crippen molar-refractivity contribution in [3.8, 4) is 0 Å². The van der Waals surface area contributed by atoms with Gasteiger partial charge in [-0.2, -0.15) is 4.31 Å². The van der Waals surface area contributed by atoms with Crippen molar-refractivity contribution in [1.29, 1.82) is 0 Å². The molecule has 1 N–H and O–H groups in total. The van der Waals surface area contributed by atoms with E-state index in [1.807, 2.05) is 6.92 Å². The van der Waals surface area contributed by atoms with Gasteiger partial charge in [0, 0.05) is 13.1 Å². The molecule has 0 amide bonds. The molecule has 20 heavy (non-hydrogen) atoms. The van der Waals surface area contributed by atoms with Gasteiger partial charge in [-0.3, -0.25) is 0 Å². The molecule has 112 valence electrons. The van der Waals surface area contributed by atoms with Crippen LogP contribution in [0, 0.1) is 0 Å². The smallest absolute Gasteiger partial charge is 0.243 e. The topological polar surface area (TPSA) is 66.8 Å². The molecule has 1 aromatic rings. The molecule has 5 nitrogen and oxygen atoms in total. The van der Waals surface area contributed by atoms with Crippen LogP contribution in [0.4, 0.5) is 0 Å². The van der Waals surface area contributed by atoms with Gasteiger partial charge in [0.05, 0.1) is 23.7 Å². The molecule has 1 saturated heterocycles. The summed E-state index contributed by atoms with van der Waals surface area (Å²) in [7, 11) is -3.52. The average molecular weight is 299 g/mol. The molecule has 1 fully saturated rings. The molecule has 1 aliphatic rings. The molecule has 0 aromatic heterocycles. The number of nitrogens with zero attached hydrogens (tertiary/aromatic N) is 1. The van der Waals surface area contributed by atoms with Gasteiger partial charge in [0.15, 0.2) is 0 Å². The predicted octanol–water partition coefficient (Wildman–Crippen LogP) is 1.54. The summed E-state index contributed by atoms with van der Waals surface area (Å²) < 4.78 is 32.2. The average Bonchev–Trinajstić information content (AvgIpc) is 2.47. The lowest BCUT2D eigenvalue weighted by molar-refractivity contribution is -0.00278. The van der Waals surface area contributed by atoms with Crippen LogP contribution in [0.25, 0.3) is 0 Å². The number of morpholine rings is 1. The Labute approximate surface area is 120 Å². The number of aliphatic hydroxyl groups is 1. The van der Waals surface area contributed by atoms with E-state index in [0.717, 1.165) is 6.42 Å². The van der Waals surface area contributed by atoms with Crippen molar-refractivity contribution in [2.45, 2.75) is 37.4 Å². The first-order valence-corrected chi connectivity index (χ1v) is 8.29. The number of sulfonamides is 1. The van der Waals surface area contributed by atoms with Gasteiger partial charge in [-0.1, -0.05) is 19.1 Å². The third-order valence-electron chi connectivity index (χ3n) is 3.54. The third-order valence-corrected chi connectivity index (χ3v) is 5.40. The summed E-state index contributed by atoms with van der Waals surface area (Å²) >= 11 is 0. The molecule has 0 saturated carbocycles. The van der Waals surface area contributed by atoms with Crippen molar-refractivity contribution in [3.05, 3.63) is 29.8 Å². The Morgan fingerprint density at radius 3 is 2.90 bits per heavy atom. The van der Waals surface area contributed by atoms with Crippen LogP contribution in [0.15, 0.2) is 29.2 Å². The van der Waals surface area contributed by atoms with Gasteiger partial charge in [0.2, 0.25) is 10.0 Å². The number of rotatable bonds is 4. The van der Waals surface area contributed by atoms with Crippen LogP contribution < -0.4 is 0 Å². The Balaban J connectivity index is 2.28. The zero-order valence-corrected chi connectivity index (χ0v) is 12.6. The van der Waals surface area contributed by atoms with Crippen molar-refractivity contribution < 1.29 is 18.3 Å². The maximum atomic E-state index is 12.6. The minimum absolute atomic E-state index is 0.0431. The standard InChI is InChI=1S/C14H21NO4S/c1-3-13-10-15(7-8-19-13)20(17,18)14-6-4-5-12(9-14)11(2)16/h4-6,9,11,13,16H,3,7-8,10H2,1-2H3. The zero-order chi connectivity index (χ0) is 14.8. The number of hydrogen-bond acceptors (Lipinski definition) is 4. The van der Waals surface area contributed by atoms with Gasteiger partial charge in [-0.25, -0.2) is 8.42 Å². The molecular weight excluding hydrogens is 278 g/mol. The third kappa shape index (κ3) is 3.20. The highest BCUT2D eigenvalue weighted by molar-refractivity contribution is 7.89. The Kier molecular flexibility index (Phi) is 4.80. The molecule has 1 aromatic carbocycles. The van der Waals surface area contributed by atoms with Gasteiger partial charge in [-0.15, -0.1) is 0 Å². The molecule has 0 spiro atoms.